The van der Waals surface area contributed by atoms with Gasteiger partial charge >= 0.3 is 0 Å². The van der Waals surface area contributed by atoms with E-state index in [4.69, 9.17) is 15.2 Å². The molecular formula is C14H21NO2. The van der Waals surface area contributed by atoms with Gasteiger partial charge < -0.3 is 15.2 Å². The van der Waals surface area contributed by atoms with Crippen molar-refractivity contribution in [3.8, 4) is 11.5 Å². The summed E-state index contributed by atoms with van der Waals surface area (Å²) in [7, 11) is 1.66. The first-order valence-electron chi connectivity index (χ1n) is 6.25. The minimum atomic E-state index is 0.349. The maximum absolute atomic E-state index is 5.82. The molecule has 3 nitrogen and oxygen atoms in total. The molecule has 1 aromatic carbocycles. The molecule has 1 fully saturated rings. The van der Waals surface area contributed by atoms with Crippen molar-refractivity contribution in [2.24, 2.45) is 11.1 Å². The second-order valence-corrected chi connectivity index (χ2v) is 4.81. The molecule has 0 bridgehead atoms. The molecular weight excluding hydrogens is 214 g/mol. The van der Waals surface area contributed by atoms with Crippen LogP contribution < -0.4 is 15.2 Å². The molecule has 0 heterocycles. The van der Waals surface area contributed by atoms with Crippen molar-refractivity contribution in [2.75, 3.05) is 20.3 Å². The molecule has 0 saturated heterocycles. The first-order valence-corrected chi connectivity index (χ1v) is 6.25. The van der Waals surface area contributed by atoms with E-state index in [1.165, 1.54) is 19.3 Å². The second kappa shape index (κ2) is 5.41. The highest BCUT2D eigenvalue weighted by Gasteiger charge is 2.35. The minimum absolute atomic E-state index is 0.349. The number of hydrogen-bond donors (Lipinski definition) is 1. The summed E-state index contributed by atoms with van der Waals surface area (Å²) in [6.07, 6.45) is 4.85. The fourth-order valence-electron chi connectivity index (χ4n) is 2.35. The first-order chi connectivity index (χ1) is 8.29. The average Bonchev–Trinajstić information content (AvgIpc) is 2.33. The fourth-order valence-corrected chi connectivity index (χ4v) is 2.35. The van der Waals surface area contributed by atoms with Gasteiger partial charge in [-0.05, 0) is 43.4 Å². The summed E-state index contributed by atoms with van der Waals surface area (Å²) in [5.41, 5.74) is 6.17. The van der Waals surface area contributed by atoms with Crippen molar-refractivity contribution in [2.45, 2.75) is 25.7 Å². The molecule has 2 rings (SSSR count). The Bertz CT molecular complexity index is 355. The molecule has 94 valence electrons. The number of nitrogens with two attached hydrogens (primary N) is 1. The highest BCUT2D eigenvalue weighted by molar-refractivity contribution is 5.39. The van der Waals surface area contributed by atoms with Crippen molar-refractivity contribution in [3.05, 3.63) is 24.3 Å². The van der Waals surface area contributed by atoms with Crippen LogP contribution in [0.15, 0.2) is 24.3 Å². The van der Waals surface area contributed by atoms with Gasteiger partial charge in [-0.25, -0.2) is 0 Å². The van der Waals surface area contributed by atoms with Crippen molar-refractivity contribution < 1.29 is 9.47 Å². The second-order valence-electron chi connectivity index (χ2n) is 4.81. The van der Waals surface area contributed by atoms with Crippen LogP contribution in [0.3, 0.4) is 0 Å². The topological polar surface area (TPSA) is 44.5 Å². The molecule has 0 unspecified atom stereocenters. The Hall–Kier alpha value is -1.22. The van der Waals surface area contributed by atoms with E-state index in [1.54, 1.807) is 7.11 Å². The molecule has 0 amide bonds. The summed E-state index contributed by atoms with van der Waals surface area (Å²) in [6.45, 7) is 1.50. The van der Waals surface area contributed by atoms with Gasteiger partial charge in [0.15, 0.2) is 11.5 Å². The summed E-state index contributed by atoms with van der Waals surface area (Å²) < 4.78 is 11.0. The molecule has 1 saturated carbocycles. The predicted octanol–water partition coefficient (Wildman–Crippen LogP) is 2.59. The zero-order valence-corrected chi connectivity index (χ0v) is 10.4. The fraction of sp³-hybridized carbons (Fsp3) is 0.571. The molecule has 0 atom stereocenters. The summed E-state index contributed by atoms with van der Waals surface area (Å²) in [6, 6.07) is 7.75. The lowest BCUT2D eigenvalue weighted by atomic mass is 9.67. The molecule has 2 N–H and O–H groups in total. The number of methoxy groups -OCH3 is 1. The smallest absolute Gasteiger partial charge is 0.161 e. The Labute approximate surface area is 103 Å². The molecule has 0 aromatic heterocycles. The number of rotatable bonds is 6. The van der Waals surface area contributed by atoms with Gasteiger partial charge in [0.25, 0.3) is 0 Å². The van der Waals surface area contributed by atoms with Crippen molar-refractivity contribution in [1.29, 1.82) is 0 Å². The third kappa shape index (κ3) is 2.72. The number of hydrogen-bond acceptors (Lipinski definition) is 3. The van der Waals surface area contributed by atoms with Gasteiger partial charge in [-0.2, -0.15) is 0 Å². The van der Waals surface area contributed by atoms with Crippen LogP contribution in [0.1, 0.15) is 25.7 Å². The lowest BCUT2D eigenvalue weighted by Crippen LogP contribution is -2.38. The van der Waals surface area contributed by atoms with Crippen LogP contribution in [-0.4, -0.2) is 20.3 Å². The van der Waals surface area contributed by atoms with Gasteiger partial charge in [-0.15, -0.1) is 0 Å². The van der Waals surface area contributed by atoms with Gasteiger partial charge in [0.05, 0.1) is 13.7 Å². The predicted molar refractivity (Wildman–Crippen MR) is 68.4 cm³/mol. The van der Waals surface area contributed by atoms with Crippen LogP contribution in [0.4, 0.5) is 0 Å². The summed E-state index contributed by atoms with van der Waals surface area (Å²) in [4.78, 5) is 0. The monoisotopic (exact) mass is 235 g/mol. The van der Waals surface area contributed by atoms with E-state index in [2.05, 4.69) is 0 Å². The Kier molecular flexibility index (Phi) is 3.89. The molecule has 1 aliphatic rings. The minimum Gasteiger partial charge on any atom is -0.493 e. The van der Waals surface area contributed by atoms with Gasteiger partial charge in [-0.3, -0.25) is 0 Å². The van der Waals surface area contributed by atoms with Gasteiger partial charge in [-0.1, -0.05) is 18.6 Å². The Morgan fingerprint density at radius 3 is 2.47 bits per heavy atom. The summed E-state index contributed by atoms with van der Waals surface area (Å²) in [5.74, 6) is 1.62. The molecule has 3 heteroatoms. The van der Waals surface area contributed by atoms with E-state index in [-0.39, 0.29) is 0 Å². The van der Waals surface area contributed by atoms with E-state index >= 15 is 0 Å². The van der Waals surface area contributed by atoms with Crippen LogP contribution in [0.25, 0.3) is 0 Å². The van der Waals surface area contributed by atoms with Crippen LogP contribution in [0, 0.1) is 5.41 Å². The van der Waals surface area contributed by atoms with Crippen molar-refractivity contribution in [3.63, 3.8) is 0 Å². The van der Waals surface area contributed by atoms with Gasteiger partial charge in [0, 0.05) is 0 Å². The van der Waals surface area contributed by atoms with E-state index < -0.39 is 0 Å². The number of para-hydroxylation sites is 2. The Morgan fingerprint density at radius 2 is 1.94 bits per heavy atom. The normalized spacial score (nSPS) is 17.3. The molecule has 0 spiro atoms. The summed E-state index contributed by atoms with van der Waals surface area (Å²) >= 11 is 0. The van der Waals surface area contributed by atoms with Crippen LogP contribution >= 0.6 is 0 Å². The van der Waals surface area contributed by atoms with E-state index in [1.807, 2.05) is 24.3 Å². The van der Waals surface area contributed by atoms with Gasteiger partial charge in [0.2, 0.25) is 0 Å². The zero-order chi connectivity index (χ0) is 12.1. The highest BCUT2D eigenvalue weighted by Crippen LogP contribution is 2.43. The number of ether oxygens (including phenoxy) is 2. The standard InChI is InChI=1S/C14H21NO2/c1-16-12-5-2-3-6-13(12)17-10-9-14(11-15)7-4-8-14/h2-3,5-6H,4,7-11,15H2,1H3. The number of benzene rings is 1. The van der Waals surface area contributed by atoms with Crippen molar-refractivity contribution >= 4 is 0 Å². The van der Waals surface area contributed by atoms with E-state index in [0.29, 0.717) is 5.41 Å². The Morgan fingerprint density at radius 1 is 1.24 bits per heavy atom. The molecule has 1 aliphatic carbocycles. The zero-order valence-electron chi connectivity index (χ0n) is 10.4. The SMILES string of the molecule is COc1ccccc1OCCC1(CN)CCC1. The third-order valence-electron chi connectivity index (χ3n) is 3.81. The van der Waals surface area contributed by atoms with Crippen LogP contribution in [-0.2, 0) is 0 Å². The maximum atomic E-state index is 5.82. The van der Waals surface area contributed by atoms with Crippen molar-refractivity contribution in [1.82, 2.24) is 0 Å². The van der Waals surface area contributed by atoms with Crippen LogP contribution in [0.5, 0.6) is 11.5 Å². The van der Waals surface area contributed by atoms with E-state index in [0.717, 1.165) is 31.1 Å². The quantitative estimate of drug-likeness (QED) is 0.824. The van der Waals surface area contributed by atoms with Crippen LogP contribution in [0.2, 0.25) is 0 Å². The third-order valence-corrected chi connectivity index (χ3v) is 3.81. The average molecular weight is 235 g/mol. The lowest BCUT2D eigenvalue weighted by molar-refractivity contribution is 0.102. The molecule has 1 aromatic rings. The largest absolute Gasteiger partial charge is 0.493 e. The maximum Gasteiger partial charge on any atom is 0.161 e. The van der Waals surface area contributed by atoms with E-state index in [9.17, 15) is 0 Å². The lowest BCUT2D eigenvalue weighted by Gasteiger charge is -2.40. The van der Waals surface area contributed by atoms with Gasteiger partial charge in [0.1, 0.15) is 0 Å². The molecule has 0 radical (unpaired) electrons. The summed E-state index contributed by atoms with van der Waals surface area (Å²) in [5, 5.41) is 0. The Balaban J connectivity index is 1.85. The molecule has 0 aliphatic heterocycles. The first kappa shape index (κ1) is 12.2. The highest BCUT2D eigenvalue weighted by atomic mass is 16.5. The molecule has 17 heavy (non-hydrogen) atoms.